The minimum atomic E-state index is -2.59. The standard InChI is InChI=1S/C11H12BrF2NO2/c1-3-17-8(16)5-7-4-6(2)9(11(13)14)10(12)15-7/h4,11H,3,5H2,1-2H3. The molecule has 0 saturated carbocycles. The Labute approximate surface area is 106 Å². The molecule has 17 heavy (non-hydrogen) atoms. The van der Waals surface area contributed by atoms with Crippen LogP contribution in [0.15, 0.2) is 10.7 Å². The summed E-state index contributed by atoms with van der Waals surface area (Å²) in [4.78, 5) is 15.1. The van der Waals surface area contributed by atoms with Gasteiger partial charge in [0.05, 0.1) is 24.3 Å². The highest BCUT2D eigenvalue weighted by Crippen LogP contribution is 2.29. The molecule has 3 nitrogen and oxygen atoms in total. The molecule has 0 N–H and O–H groups in total. The molecule has 94 valence electrons. The Kier molecular flexibility index (Phi) is 4.99. The van der Waals surface area contributed by atoms with Gasteiger partial charge in [-0.2, -0.15) is 0 Å². The van der Waals surface area contributed by atoms with Crippen LogP contribution in [0.1, 0.15) is 30.2 Å². The van der Waals surface area contributed by atoms with Crippen molar-refractivity contribution in [2.75, 3.05) is 6.61 Å². The molecule has 1 aromatic heterocycles. The first-order valence-electron chi connectivity index (χ1n) is 5.05. The van der Waals surface area contributed by atoms with Gasteiger partial charge in [-0.3, -0.25) is 4.79 Å². The lowest BCUT2D eigenvalue weighted by Crippen LogP contribution is -2.10. The summed E-state index contributed by atoms with van der Waals surface area (Å²) in [5.74, 6) is -0.420. The van der Waals surface area contributed by atoms with Crippen molar-refractivity contribution in [2.24, 2.45) is 0 Å². The zero-order chi connectivity index (χ0) is 13.0. The topological polar surface area (TPSA) is 39.2 Å². The number of pyridine rings is 1. The number of rotatable bonds is 4. The fourth-order valence-electron chi connectivity index (χ4n) is 1.42. The number of aryl methyl sites for hydroxylation is 1. The number of hydrogen-bond donors (Lipinski definition) is 0. The van der Waals surface area contributed by atoms with Crippen LogP contribution in [0.4, 0.5) is 8.78 Å². The zero-order valence-electron chi connectivity index (χ0n) is 9.47. The van der Waals surface area contributed by atoms with Gasteiger partial charge in [-0.1, -0.05) is 0 Å². The van der Waals surface area contributed by atoms with Gasteiger partial charge in [0, 0.05) is 0 Å². The fourth-order valence-corrected chi connectivity index (χ4v) is 2.14. The number of hydrogen-bond acceptors (Lipinski definition) is 3. The molecule has 0 radical (unpaired) electrons. The van der Waals surface area contributed by atoms with Crippen molar-refractivity contribution in [3.63, 3.8) is 0 Å². The van der Waals surface area contributed by atoms with E-state index in [-0.39, 0.29) is 23.2 Å². The van der Waals surface area contributed by atoms with Crippen LogP contribution in [0.2, 0.25) is 0 Å². The maximum atomic E-state index is 12.6. The Balaban J connectivity index is 2.94. The third-order valence-electron chi connectivity index (χ3n) is 2.12. The molecule has 0 saturated heterocycles. The highest BCUT2D eigenvalue weighted by Gasteiger charge is 2.18. The number of carbonyl (C=O) groups excluding carboxylic acids is 1. The second kappa shape index (κ2) is 6.05. The van der Waals surface area contributed by atoms with Gasteiger partial charge < -0.3 is 4.74 Å². The van der Waals surface area contributed by atoms with Crippen molar-refractivity contribution in [2.45, 2.75) is 26.7 Å². The van der Waals surface area contributed by atoms with Crippen molar-refractivity contribution in [1.29, 1.82) is 0 Å². The molecular formula is C11H12BrF2NO2. The van der Waals surface area contributed by atoms with Crippen molar-refractivity contribution >= 4 is 21.9 Å². The van der Waals surface area contributed by atoms with Crippen LogP contribution in [0.5, 0.6) is 0 Å². The van der Waals surface area contributed by atoms with Crippen molar-refractivity contribution in [3.8, 4) is 0 Å². The van der Waals surface area contributed by atoms with Gasteiger partial charge in [-0.15, -0.1) is 0 Å². The van der Waals surface area contributed by atoms with E-state index in [1.807, 2.05) is 0 Å². The van der Waals surface area contributed by atoms with Gasteiger partial charge in [-0.05, 0) is 41.4 Å². The summed E-state index contributed by atoms with van der Waals surface area (Å²) in [5, 5.41) is 0. The van der Waals surface area contributed by atoms with Gasteiger partial charge in [0.2, 0.25) is 0 Å². The number of alkyl halides is 2. The quantitative estimate of drug-likeness (QED) is 0.633. The fraction of sp³-hybridized carbons (Fsp3) is 0.455. The number of carbonyl (C=O) groups is 1. The maximum absolute atomic E-state index is 12.6. The number of nitrogens with zero attached hydrogens (tertiary/aromatic N) is 1. The Bertz CT molecular complexity index is 401. The predicted octanol–water partition coefficient (Wildman–Crippen LogP) is 3.20. The van der Waals surface area contributed by atoms with Crippen LogP contribution in [-0.4, -0.2) is 17.6 Å². The highest BCUT2D eigenvalue weighted by atomic mass is 79.9. The second-order valence-electron chi connectivity index (χ2n) is 3.42. The third kappa shape index (κ3) is 3.73. The van der Waals surface area contributed by atoms with E-state index in [0.717, 1.165) is 0 Å². The maximum Gasteiger partial charge on any atom is 0.311 e. The first kappa shape index (κ1) is 14.0. The largest absolute Gasteiger partial charge is 0.466 e. The van der Waals surface area contributed by atoms with Crippen LogP contribution in [0.25, 0.3) is 0 Å². The summed E-state index contributed by atoms with van der Waals surface area (Å²) >= 11 is 2.98. The van der Waals surface area contributed by atoms with Crippen LogP contribution in [0, 0.1) is 6.92 Å². The Hall–Kier alpha value is -1.04. The summed E-state index contributed by atoms with van der Waals surface area (Å²) in [6, 6.07) is 1.48. The lowest BCUT2D eigenvalue weighted by Gasteiger charge is -2.09. The zero-order valence-corrected chi connectivity index (χ0v) is 11.1. The average Bonchev–Trinajstić information content (AvgIpc) is 2.15. The van der Waals surface area contributed by atoms with Crippen LogP contribution < -0.4 is 0 Å². The lowest BCUT2D eigenvalue weighted by atomic mass is 10.1. The molecule has 0 atom stereocenters. The molecule has 1 heterocycles. The minimum absolute atomic E-state index is 0.0171. The molecule has 0 bridgehead atoms. The van der Waals surface area contributed by atoms with Gasteiger partial charge in [0.1, 0.15) is 4.60 Å². The van der Waals surface area contributed by atoms with Crippen molar-refractivity contribution < 1.29 is 18.3 Å². The molecule has 0 aromatic carbocycles. The predicted molar refractivity (Wildman–Crippen MR) is 62.0 cm³/mol. The smallest absolute Gasteiger partial charge is 0.311 e. The molecule has 0 unspecified atom stereocenters. The minimum Gasteiger partial charge on any atom is -0.466 e. The first-order valence-corrected chi connectivity index (χ1v) is 5.84. The van der Waals surface area contributed by atoms with E-state index in [4.69, 9.17) is 4.74 Å². The Morgan fingerprint density at radius 3 is 2.71 bits per heavy atom. The molecule has 0 aliphatic carbocycles. The SMILES string of the molecule is CCOC(=O)Cc1cc(C)c(C(F)F)c(Br)n1. The lowest BCUT2D eigenvalue weighted by molar-refractivity contribution is -0.142. The molecule has 6 heteroatoms. The van der Waals surface area contributed by atoms with E-state index < -0.39 is 12.4 Å². The van der Waals surface area contributed by atoms with Crippen molar-refractivity contribution in [3.05, 3.63) is 27.5 Å². The first-order chi connectivity index (χ1) is 7.95. The van der Waals surface area contributed by atoms with E-state index >= 15 is 0 Å². The summed E-state index contributed by atoms with van der Waals surface area (Å²) in [5.41, 5.74) is 0.677. The molecule has 0 amide bonds. The monoisotopic (exact) mass is 307 g/mol. The summed E-state index contributed by atoms with van der Waals surface area (Å²) in [7, 11) is 0. The van der Waals surface area contributed by atoms with Crippen molar-refractivity contribution in [1.82, 2.24) is 4.98 Å². The number of esters is 1. The van der Waals surface area contributed by atoms with E-state index in [2.05, 4.69) is 20.9 Å². The molecule has 1 rings (SSSR count). The highest BCUT2D eigenvalue weighted by molar-refractivity contribution is 9.10. The van der Waals surface area contributed by atoms with Gasteiger partial charge in [0.25, 0.3) is 6.43 Å². The summed E-state index contributed by atoms with van der Waals surface area (Å²) < 4.78 is 30.1. The molecule has 1 aromatic rings. The van der Waals surface area contributed by atoms with Gasteiger partial charge in [0.15, 0.2) is 0 Å². The molecular weight excluding hydrogens is 296 g/mol. The normalized spacial score (nSPS) is 10.7. The van der Waals surface area contributed by atoms with E-state index in [1.165, 1.54) is 6.07 Å². The van der Waals surface area contributed by atoms with Gasteiger partial charge in [-0.25, -0.2) is 13.8 Å². The summed E-state index contributed by atoms with van der Waals surface area (Å²) in [6.45, 7) is 3.54. The number of ether oxygens (including phenoxy) is 1. The number of aromatic nitrogens is 1. The second-order valence-corrected chi connectivity index (χ2v) is 4.17. The molecule has 0 aliphatic rings. The van der Waals surface area contributed by atoms with Crippen LogP contribution in [-0.2, 0) is 16.0 Å². The number of halogens is 3. The molecule has 0 fully saturated rings. The van der Waals surface area contributed by atoms with E-state index in [0.29, 0.717) is 11.3 Å². The molecule has 0 spiro atoms. The molecule has 0 aliphatic heterocycles. The average molecular weight is 308 g/mol. The van der Waals surface area contributed by atoms with Crippen LogP contribution in [0.3, 0.4) is 0 Å². The third-order valence-corrected chi connectivity index (χ3v) is 2.73. The van der Waals surface area contributed by atoms with Crippen LogP contribution >= 0.6 is 15.9 Å². The summed E-state index contributed by atoms with van der Waals surface area (Å²) in [6.07, 6.45) is -2.61. The van der Waals surface area contributed by atoms with E-state index in [1.54, 1.807) is 13.8 Å². The Morgan fingerprint density at radius 1 is 1.59 bits per heavy atom. The Morgan fingerprint density at radius 2 is 2.24 bits per heavy atom. The van der Waals surface area contributed by atoms with E-state index in [9.17, 15) is 13.6 Å². The van der Waals surface area contributed by atoms with Gasteiger partial charge >= 0.3 is 5.97 Å².